The number of halogens is 3. The maximum absolute atomic E-state index is 12.3. The number of hydrogen-bond donors (Lipinski definition) is 1. The standard InChI is InChI=1S/C9H16F3N/c1-7-3-2-6-13-8(5-4-7)9(10,11)12/h7-8,13H,2-6H2,1H3. The van der Waals surface area contributed by atoms with Gasteiger partial charge in [0.2, 0.25) is 0 Å². The molecule has 0 aromatic heterocycles. The summed E-state index contributed by atoms with van der Waals surface area (Å²) in [4.78, 5) is 0. The van der Waals surface area contributed by atoms with E-state index in [1.165, 1.54) is 0 Å². The van der Waals surface area contributed by atoms with Gasteiger partial charge in [0.1, 0.15) is 6.04 Å². The minimum absolute atomic E-state index is 0.227. The molecule has 4 heteroatoms. The molecule has 0 amide bonds. The van der Waals surface area contributed by atoms with E-state index in [1.54, 1.807) is 0 Å². The summed E-state index contributed by atoms with van der Waals surface area (Å²) in [6.45, 7) is 2.52. The molecule has 1 aliphatic heterocycles. The van der Waals surface area contributed by atoms with Gasteiger partial charge in [-0.2, -0.15) is 13.2 Å². The molecular weight excluding hydrogens is 179 g/mol. The molecular formula is C9H16F3N. The maximum atomic E-state index is 12.3. The molecule has 1 nitrogen and oxygen atoms in total. The average molecular weight is 195 g/mol. The van der Waals surface area contributed by atoms with E-state index in [0.717, 1.165) is 12.8 Å². The van der Waals surface area contributed by atoms with Crippen LogP contribution in [0.25, 0.3) is 0 Å². The van der Waals surface area contributed by atoms with Gasteiger partial charge in [-0.1, -0.05) is 6.92 Å². The van der Waals surface area contributed by atoms with Crippen LogP contribution in [0.1, 0.15) is 32.6 Å². The van der Waals surface area contributed by atoms with Crippen LogP contribution in [0.4, 0.5) is 13.2 Å². The Morgan fingerprint density at radius 1 is 1.15 bits per heavy atom. The van der Waals surface area contributed by atoms with Crippen molar-refractivity contribution in [2.75, 3.05) is 6.54 Å². The fourth-order valence-corrected chi connectivity index (χ4v) is 1.70. The minimum atomic E-state index is -4.07. The molecule has 1 heterocycles. The van der Waals surface area contributed by atoms with E-state index in [-0.39, 0.29) is 6.42 Å². The van der Waals surface area contributed by atoms with Crippen LogP contribution in [0, 0.1) is 5.92 Å². The smallest absolute Gasteiger partial charge is 0.306 e. The normalized spacial score (nSPS) is 32.3. The van der Waals surface area contributed by atoms with Crippen LogP contribution in [-0.2, 0) is 0 Å². The van der Waals surface area contributed by atoms with Crippen molar-refractivity contribution in [1.29, 1.82) is 0 Å². The Hall–Kier alpha value is -0.250. The Balaban J connectivity index is 2.46. The van der Waals surface area contributed by atoms with E-state index in [4.69, 9.17) is 0 Å². The summed E-state index contributed by atoms with van der Waals surface area (Å²) in [6.07, 6.45) is -1.27. The van der Waals surface area contributed by atoms with Gasteiger partial charge in [0, 0.05) is 0 Å². The van der Waals surface area contributed by atoms with Crippen LogP contribution in [-0.4, -0.2) is 18.8 Å². The maximum Gasteiger partial charge on any atom is 0.403 e. The number of alkyl halides is 3. The summed E-state index contributed by atoms with van der Waals surface area (Å²) in [6, 6.07) is -1.28. The van der Waals surface area contributed by atoms with Crippen LogP contribution in [0.2, 0.25) is 0 Å². The second-order valence-electron chi connectivity index (χ2n) is 3.87. The summed E-state index contributed by atoms with van der Waals surface area (Å²) < 4.78 is 37.0. The first-order chi connectivity index (χ1) is 6.00. The first-order valence-corrected chi connectivity index (χ1v) is 4.80. The monoisotopic (exact) mass is 195 g/mol. The fraction of sp³-hybridized carbons (Fsp3) is 1.00. The van der Waals surface area contributed by atoms with Gasteiger partial charge in [-0.3, -0.25) is 0 Å². The zero-order chi connectivity index (χ0) is 9.90. The van der Waals surface area contributed by atoms with Crippen LogP contribution < -0.4 is 5.32 Å². The van der Waals surface area contributed by atoms with E-state index in [0.29, 0.717) is 18.9 Å². The highest BCUT2D eigenvalue weighted by molar-refractivity contribution is 4.78. The molecule has 78 valence electrons. The van der Waals surface area contributed by atoms with Crippen molar-refractivity contribution in [2.24, 2.45) is 5.92 Å². The molecule has 0 aromatic rings. The van der Waals surface area contributed by atoms with Gasteiger partial charge < -0.3 is 5.32 Å². The molecule has 1 saturated heterocycles. The van der Waals surface area contributed by atoms with Gasteiger partial charge >= 0.3 is 6.18 Å². The Bertz CT molecular complexity index is 155. The van der Waals surface area contributed by atoms with E-state index >= 15 is 0 Å². The van der Waals surface area contributed by atoms with Crippen molar-refractivity contribution in [2.45, 2.75) is 44.8 Å². The molecule has 1 rings (SSSR count). The molecule has 0 spiro atoms. The number of hydrogen-bond acceptors (Lipinski definition) is 1. The van der Waals surface area contributed by atoms with Gasteiger partial charge in [-0.05, 0) is 38.1 Å². The molecule has 2 unspecified atom stereocenters. The molecule has 0 aliphatic carbocycles. The summed E-state index contributed by atoms with van der Waals surface area (Å²) >= 11 is 0. The van der Waals surface area contributed by atoms with Crippen molar-refractivity contribution in [3.63, 3.8) is 0 Å². The summed E-state index contributed by atoms with van der Waals surface area (Å²) in [5.41, 5.74) is 0. The second kappa shape index (κ2) is 4.31. The van der Waals surface area contributed by atoms with Crippen LogP contribution >= 0.6 is 0 Å². The first-order valence-electron chi connectivity index (χ1n) is 4.80. The van der Waals surface area contributed by atoms with E-state index in [9.17, 15) is 13.2 Å². The van der Waals surface area contributed by atoms with E-state index < -0.39 is 12.2 Å². The van der Waals surface area contributed by atoms with Crippen molar-refractivity contribution in [1.82, 2.24) is 5.32 Å². The quantitative estimate of drug-likeness (QED) is 0.626. The SMILES string of the molecule is CC1CCCNC(C(F)(F)F)CC1. The molecule has 0 aromatic carbocycles. The highest BCUT2D eigenvalue weighted by Crippen LogP contribution is 2.27. The predicted molar refractivity (Wildman–Crippen MR) is 45.5 cm³/mol. The van der Waals surface area contributed by atoms with Crippen LogP contribution in [0.5, 0.6) is 0 Å². The molecule has 2 atom stereocenters. The van der Waals surface area contributed by atoms with Crippen molar-refractivity contribution < 1.29 is 13.2 Å². The second-order valence-corrected chi connectivity index (χ2v) is 3.87. The third-order valence-electron chi connectivity index (χ3n) is 2.61. The van der Waals surface area contributed by atoms with Gasteiger partial charge in [0.05, 0.1) is 0 Å². The topological polar surface area (TPSA) is 12.0 Å². The summed E-state index contributed by atoms with van der Waals surface area (Å²) in [7, 11) is 0. The molecule has 0 saturated carbocycles. The predicted octanol–water partition coefficient (Wildman–Crippen LogP) is 2.72. The van der Waals surface area contributed by atoms with E-state index in [2.05, 4.69) is 5.32 Å². The lowest BCUT2D eigenvalue weighted by atomic mass is 9.95. The Morgan fingerprint density at radius 2 is 1.85 bits per heavy atom. The molecule has 1 aliphatic rings. The zero-order valence-corrected chi connectivity index (χ0v) is 7.82. The first kappa shape index (κ1) is 10.8. The highest BCUT2D eigenvalue weighted by Gasteiger charge is 2.39. The Kier molecular flexibility index (Phi) is 3.59. The van der Waals surface area contributed by atoms with E-state index in [1.807, 2.05) is 6.92 Å². The van der Waals surface area contributed by atoms with Gasteiger partial charge in [0.25, 0.3) is 0 Å². The number of rotatable bonds is 0. The lowest BCUT2D eigenvalue weighted by molar-refractivity contribution is -0.158. The van der Waals surface area contributed by atoms with Crippen molar-refractivity contribution >= 4 is 0 Å². The van der Waals surface area contributed by atoms with Crippen molar-refractivity contribution in [3.8, 4) is 0 Å². The van der Waals surface area contributed by atoms with Gasteiger partial charge in [-0.15, -0.1) is 0 Å². The van der Waals surface area contributed by atoms with Crippen molar-refractivity contribution in [3.05, 3.63) is 0 Å². The zero-order valence-electron chi connectivity index (χ0n) is 7.82. The largest absolute Gasteiger partial charge is 0.403 e. The average Bonchev–Trinajstić information content (AvgIpc) is 1.94. The highest BCUT2D eigenvalue weighted by atomic mass is 19.4. The van der Waals surface area contributed by atoms with Crippen LogP contribution in [0.3, 0.4) is 0 Å². The number of nitrogens with one attached hydrogen (secondary N) is 1. The molecule has 1 fully saturated rings. The molecule has 1 N–H and O–H groups in total. The molecule has 13 heavy (non-hydrogen) atoms. The third-order valence-corrected chi connectivity index (χ3v) is 2.61. The lowest BCUT2D eigenvalue weighted by Gasteiger charge is -2.25. The lowest BCUT2D eigenvalue weighted by Crippen LogP contribution is -2.43. The molecule has 0 bridgehead atoms. The summed E-state index contributed by atoms with van der Waals surface area (Å²) in [5.74, 6) is 0.437. The fourth-order valence-electron chi connectivity index (χ4n) is 1.70. The molecule has 0 radical (unpaired) electrons. The van der Waals surface area contributed by atoms with Gasteiger partial charge in [0.15, 0.2) is 0 Å². The Morgan fingerprint density at radius 3 is 2.46 bits per heavy atom. The minimum Gasteiger partial charge on any atom is -0.306 e. The summed E-state index contributed by atoms with van der Waals surface area (Å²) in [5, 5.41) is 2.56. The van der Waals surface area contributed by atoms with Crippen LogP contribution in [0.15, 0.2) is 0 Å². The van der Waals surface area contributed by atoms with Gasteiger partial charge in [-0.25, -0.2) is 0 Å². The Labute approximate surface area is 76.7 Å². The third kappa shape index (κ3) is 3.55.